The number of amides is 2. The van der Waals surface area contributed by atoms with Gasteiger partial charge in [-0.3, -0.25) is 9.59 Å². The molecule has 0 spiro atoms. The Bertz CT molecular complexity index is 589. The lowest BCUT2D eigenvalue weighted by atomic mass is 9.85. The van der Waals surface area contributed by atoms with E-state index < -0.39 is 0 Å². The Balaban J connectivity index is 2.95. The first-order valence-corrected chi connectivity index (χ1v) is 11.3. The van der Waals surface area contributed by atoms with E-state index in [9.17, 15) is 14.7 Å². The predicted octanol–water partition coefficient (Wildman–Crippen LogP) is 3.56. The molecule has 0 bridgehead atoms. The minimum Gasteiger partial charge on any atom is -0.394 e. The highest BCUT2D eigenvalue weighted by Gasteiger charge is 2.50. The minimum absolute atomic E-state index is 0.0250. The van der Waals surface area contributed by atoms with Gasteiger partial charge in [0.1, 0.15) is 0 Å². The van der Waals surface area contributed by atoms with Crippen LogP contribution in [-0.2, 0) is 14.3 Å². The van der Waals surface area contributed by atoms with Crippen molar-refractivity contribution in [3.05, 3.63) is 0 Å². The molecule has 2 unspecified atom stereocenters. The molecule has 30 heavy (non-hydrogen) atoms. The van der Waals surface area contributed by atoms with Crippen molar-refractivity contribution in [2.24, 2.45) is 22.7 Å². The Morgan fingerprint density at radius 3 is 1.77 bits per heavy atom. The van der Waals surface area contributed by atoms with Gasteiger partial charge in [0, 0.05) is 18.9 Å². The topological polar surface area (TPSA) is 70.1 Å². The molecule has 4 atom stereocenters. The second-order valence-electron chi connectivity index (χ2n) is 11.6. The zero-order valence-electron chi connectivity index (χ0n) is 21.2. The van der Waals surface area contributed by atoms with Gasteiger partial charge in [0.2, 0.25) is 11.8 Å². The number of aliphatic hydroxyl groups excluding tert-OH is 1. The Hall–Kier alpha value is -1.14. The number of rotatable bonds is 9. The van der Waals surface area contributed by atoms with Crippen molar-refractivity contribution in [1.29, 1.82) is 0 Å². The zero-order valence-corrected chi connectivity index (χ0v) is 21.2. The number of carbonyl (C=O) groups is 2. The smallest absolute Gasteiger partial charge is 0.225 e. The van der Waals surface area contributed by atoms with Gasteiger partial charge in [0.15, 0.2) is 0 Å². The van der Waals surface area contributed by atoms with Gasteiger partial charge >= 0.3 is 0 Å². The normalized spacial score (nSPS) is 21.5. The highest BCUT2D eigenvalue weighted by atomic mass is 16.5. The quantitative estimate of drug-likeness (QED) is 0.612. The van der Waals surface area contributed by atoms with Crippen molar-refractivity contribution in [1.82, 2.24) is 9.80 Å². The van der Waals surface area contributed by atoms with E-state index in [1.165, 1.54) is 0 Å². The fourth-order valence-electron chi connectivity index (χ4n) is 3.97. The van der Waals surface area contributed by atoms with Gasteiger partial charge in [-0.05, 0) is 17.3 Å². The summed E-state index contributed by atoms with van der Waals surface area (Å²) in [6, 6.07) is -0.336. The summed E-state index contributed by atoms with van der Waals surface area (Å²) in [5, 5.41) is 10.1. The van der Waals surface area contributed by atoms with Crippen molar-refractivity contribution >= 4 is 11.8 Å². The molecule has 6 nitrogen and oxygen atoms in total. The molecule has 0 aromatic heterocycles. The Morgan fingerprint density at radius 2 is 1.40 bits per heavy atom. The van der Waals surface area contributed by atoms with Crippen LogP contribution in [0.4, 0.5) is 0 Å². The second-order valence-corrected chi connectivity index (χ2v) is 11.6. The fourth-order valence-corrected chi connectivity index (χ4v) is 3.97. The van der Waals surface area contributed by atoms with Crippen LogP contribution in [0.1, 0.15) is 75.7 Å². The van der Waals surface area contributed by atoms with Crippen LogP contribution in [0.5, 0.6) is 0 Å². The maximum atomic E-state index is 13.0. The van der Waals surface area contributed by atoms with Gasteiger partial charge in [-0.1, -0.05) is 69.2 Å². The summed E-state index contributed by atoms with van der Waals surface area (Å²) >= 11 is 0. The third-order valence-electron chi connectivity index (χ3n) is 6.09. The number of hydrogen-bond donors (Lipinski definition) is 1. The molecule has 1 saturated carbocycles. The molecule has 1 N–H and O–H groups in total. The number of nitrogens with zero attached hydrogens (tertiary/aromatic N) is 2. The van der Waals surface area contributed by atoms with Crippen LogP contribution in [0.15, 0.2) is 0 Å². The van der Waals surface area contributed by atoms with Gasteiger partial charge in [0.25, 0.3) is 0 Å². The van der Waals surface area contributed by atoms with Crippen LogP contribution in [0.25, 0.3) is 0 Å². The number of carbonyl (C=O) groups excluding carboxylic acids is 2. The highest BCUT2D eigenvalue weighted by molar-refractivity contribution is 5.79. The summed E-state index contributed by atoms with van der Waals surface area (Å²) in [7, 11) is 1.85. The average Bonchev–Trinajstić information content (AvgIpc) is 3.34. The van der Waals surface area contributed by atoms with E-state index in [1.54, 1.807) is 0 Å². The van der Waals surface area contributed by atoms with E-state index in [-0.39, 0.29) is 65.3 Å². The molecule has 0 radical (unpaired) electrons. The summed E-state index contributed by atoms with van der Waals surface area (Å²) in [5.41, 5.74) is -0.361. The first-order chi connectivity index (χ1) is 13.5. The molecule has 6 heteroatoms. The van der Waals surface area contributed by atoms with Crippen LogP contribution in [0.2, 0.25) is 0 Å². The molecular formula is C24H46N2O4. The SMILES string of the molecule is CC(C)C(=O)N(C)[C@H](COC1CC1N(C(=O)C(C)C)[C@@H](CO)C(C)(C)C)C(C)(C)C. The van der Waals surface area contributed by atoms with Crippen molar-refractivity contribution in [3.8, 4) is 0 Å². The molecule has 0 heterocycles. The Morgan fingerprint density at radius 1 is 0.933 bits per heavy atom. The number of likely N-dealkylation sites (N-methyl/N-ethyl adjacent to an activating group) is 1. The molecule has 1 rings (SSSR count). The monoisotopic (exact) mass is 426 g/mol. The molecule has 2 amide bonds. The van der Waals surface area contributed by atoms with Gasteiger partial charge in [-0.25, -0.2) is 0 Å². The maximum Gasteiger partial charge on any atom is 0.225 e. The zero-order chi connectivity index (χ0) is 23.6. The van der Waals surface area contributed by atoms with Gasteiger partial charge in [-0.2, -0.15) is 0 Å². The molecule has 0 aromatic carbocycles. The van der Waals surface area contributed by atoms with Crippen molar-refractivity contribution in [2.45, 2.75) is 99.9 Å². The van der Waals surface area contributed by atoms with Crippen LogP contribution in [-0.4, -0.2) is 71.2 Å². The first kappa shape index (κ1) is 26.9. The van der Waals surface area contributed by atoms with E-state index in [4.69, 9.17) is 4.74 Å². The van der Waals surface area contributed by atoms with E-state index in [2.05, 4.69) is 41.5 Å². The van der Waals surface area contributed by atoms with Crippen LogP contribution >= 0.6 is 0 Å². The standard InChI is InChI=1S/C24H46N2O4/c1-15(2)21(28)25(11)20(24(8,9)10)14-30-18-12-17(18)26(22(29)16(3)4)19(13-27)23(5,6)7/h15-20,27H,12-14H2,1-11H3/t17?,18?,19-,20+/m0/s1. The molecule has 176 valence electrons. The van der Waals surface area contributed by atoms with Gasteiger partial charge in [-0.15, -0.1) is 0 Å². The fraction of sp³-hybridized carbons (Fsp3) is 0.917. The van der Waals surface area contributed by atoms with Gasteiger partial charge in [0.05, 0.1) is 37.4 Å². The van der Waals surface area contributed by atoms with E-state index in [1.807, 2.05) is 44.5 Å². The van der Waals surface area contributed by atoms with Crippen LogP contribution < -0.4 is 0 Å². The molecule has 0 aliphatic heterocycles. The lowest BCUT2D eigenvalue weighted by molar-refractivity contribution is -0.143. The third-order valence-corrected chi connectivity index (χ3v) is 6.09. The lowest BCUT2D eigenvalue weighted by Crippen LogP contribution is -2.53. The molecule has 1 aliphatic rings. The first-order valence-electron chi connectivity index (χ1n) is 11.3. The number of ether oxygens (including phenoxy) is 1. The van der Waals surface area contributed by atoms with Crippen LogP contribution in [0.3, 0.4) is 0 Å². The molecule has 1 aliphatic carbocycles. The summed E-state index contributed by atoms with van der Waals surface area (Å²) in [6.07, 6.45) is 0.709. The summed E-state index contributed by atoms with van der Waals surface area (Å²) in [5.74, 6) is -0.0420. The summed E-state index contributed by atoms with van der Waals surface area (Å²) in [4.78, 5) is 29.2. The minimum atomic E-state index is -0.255. The number of aliphatic hydroxyl groups is 1. The van der Waals surface area contributed by atoms with Crippen LogP contribution in [0, 0.1) is 22.7 Å². The lowest BCUT2D eigenvalue weighted by Gasteiger charge is -2.41. The van der Waals surface area contributed by atoms with E-state index in [0.717, 1.165) is 6.42 Å². The molecule has 1 fully saturated rings. The molecular weight excluding hydrogens is 380 g/mol. The maximum absolute atomic E-state index is 13.0. The van der Waals surface area contributed by atoms with Crippen molar-refractivity contribution < 1.29 is 19.4 Å². The average molecular weight is 427 g/mol. The number of hydrogen-bond acceptors (Lipinski definition) is 4. The summed E-state index contributed by atoms with van der Waals surface area (Å²) in [6.45, 7) is 20.5. The highest BCUT2D eigenvalue weighted by Crippen LogP contribution is 2.39. The predicted molar refractivity (Wildman–Crippen MR) is 121 cm³/mol. The van der Waals surface area contributed by atoms with E-state index >= 15 is 0 Å². The van der Waals surface area contributed by atoms with Crippen molar-refractivity contribution in [3.63, 3.8) is 0 Å². The Kier molecular flexibility index (Phi) is 8.95. The van der Waals surface area contributed by atoms with E-state index in [0.29, 0.717) is 6.61 Å². The summed E-state index contributed by atoms with van der Waals surface area (Å²) < 4.78 is 6.25. The third kappa shape index (κ3) is 6.68. The largest absolute Gasteiger partial charge is 0.394 e. The van der Waals surface area contributed by atoms with Crippen molar-refractivity contribution in [2.75, 3.05) is 20.3 Å². The second kappa shape index (κ2) is 9.99. The molecule has 0 saturated heterocycles. The molecule has 0 aromatic rings. The van der Waals surface area contributed by atoms with Gasteiger partial charge < -0.3 is 19.6 Å². The Labute approximate surface area is 184 Å².